The normalized spacial score (nSPS) is 18.6. The Kier molecular flexibility index (Phi) is 4.84. The second-order valence-electron chi connectivity index (χ2n) is 6.34. The summed E-state index contributed by atoms with van der Waals surface area (Å²) in [6.45, 7) is 6.59. The average Bonchev–Trinajstić information content (AvgIpc) is 2.45. The van der Waals surface area contributed by atoms with Gasteiger partial charge in [0, 0.05) is 25.7 Å². The van der Waals surface area contributed by atoms with Crippen LogP contribution in [0.1, 0.15) is 20.8 Å². The summed E-state index contributed by atoms with van der Waals surface area (Å²) in [5, 5.41) is 13.8. The van der Waals surface area contributed by atoms with Gasteiger partial charge in [-0.25, -0.2) is 9.18 Å². The number of nitro groups is 1. The molecule has 0 amide bonds. The number of nitrogens with one attached hydrogen (secondary N) is 1. The molecule has 126 valence electrons. The lowest BCUT2D eigenvalue weighted by Crippen LogP contribution is -2.56. The monoisotopic (exact) mass is 325 g/mol. The van der Waals surface area contributed by atoms with Crippen LogP contribution in [0.4, 0.5) is 15.8 Å². The molecule has 0 aromatic heterocycles. The van der Waals surface area contributed by atoms with Crippen molar-refractivity contribution in [1.29, 1.82) is 0 Å². The molecule has 0 bridgehead atoms. The number of esters is 1. The fourth-order valence-electron chi connectivity index (χ4n) is 2.42. The van der Waals surface area contributed by atoms with E-state index < -0.39 is 28.4 Å². The molecule has 1 fully saturated rings. The van der Waals surface area contributed by atoms with Crippen molar-refractivity contribution in [3.63, 3.8) is 0 Å². The van der Waals surface area contributed by atoms with E-state index in [9.17, 15) is 19.3 Å². The number of carbonyl (C=O) groups is 1. The van der Waals surface area contributed by atoms with Crippen LogP contribution in [0.25, 0.3) is 0 Å². The molecule has 0 radical (unpaired) electrons. The van der Waals surface area contributed by atoms with Crippen LogP contribution < -0.4 is 10.2 Å². The number of nitro benzene ring substituents is 1. The summed E-state index contributed by atoms with van der Waals surface area (Å²) in [7, 11) is 0. The average molecular weight is 325 g/mol. The van der Waals surface area contributed by atoms with Gasteiger partial charge in [0.05, 0.1) is 16.7 Å². The Morgan fingerprint density at radius 2 is 2.17 bits per heavy atom. The molecule has 1 aromatic carbocycles. The van der Waals surface area contributed by atoms with Gasteiger partial charge < -0.3 is 15.0 Å². The molecule has 23 heavy (non-hydrogen) atoms. The number of nitrogens with zero attached hydrogens (tertiary/aromatic N) is 2. The second-order valence-corrected chi connectivity index (χ2v) is 6.34. The van der Waals surface area contributed by atoms with Crippen LogP contribution in [0.3, 0.4) is 0 Å². The summed E-state index contributed by atoms with van der Waals surface area (Å²) in [4.78, 5) is 24.0. The third kappa shape index (κ3) is 4.16. The van der Waals surface area contributed by atoms with Crippen molar-refractivity contribution in [1.82, 2.24) is 5.32 Å². The molecular formula is C15H20FN3O4. The highest BCUT2D eigenvalue weighted by Crippen LogP contribution is 2.27. The third-order valence-electron chi connectivity index (χ3n) is 3.37. The molecule has 1 unspecified atom stereocenters. The first kappa shape index (κ1) is 17.1. The quantitative estimate of drug-likeness (QED) is 0.519. The number of benzene rings is 1. The SMILES string of the molecule is CC(C)(C)OC(=O)C1CNCCN1c1ccc([N+](=O)[O-])cc1F. The number of rotatable bonds is 3. The van der Waals surface area contributed by atoms with Crippen molar-refractivity contribution < 1.29 is 18.8 Å². The van der Waals surface area contributed by atoms with E-state index >= 15 is 0 Å². The van der Waals surface area contributed by atoms with Gasteiger partial charge in [-0.2, -0.15) is 0 Å². The minimum Gasteiger partial charge on any atom is -0.458 e. The van der Waals surface area contributed by atoms with E-state index in [1.54, 1.807) is 25.7 Å². The molecular weight excluding hydrogens is 305 g/mol. The van der Waals surface area contributed by atoms with E-state index in [0.717, 1.165) is 6.07 Å². The summed E-state index contributed by atoms with van der Waals surface area (Å²) in [5.41, 5.74) is -0.808. The van der Waals surface area contributed by atoms with E-state index in [1.165, 1.54) is 12.1 Å². The van der Waals surface area contributed by atoms with Crippen molar-refractivity contribution in [2.75, 3.05) is 24.5 Å². The van der Waals surface area contributed by atoms with E-state index in [0.29, 0.717) is 19.6 Å². The minimum atomic E-state index is -0.727. The Balaban J connectivity index is 2.28. The second kappa shape index (κ2) is 6.49. The lowest BCUT2D eigenvalue weighted by molar-refractivity contribution is -0.385. The van der Waals surface area contributed by atoms with Gasteiger partial charge in [0.15, 0.2) is 5.82 Å². The van der Waals surface area contributed by atoms with Gasteiger partial charge >= 0.3 is 5.97 Å². The Labute approximate surface area is 133 Å². The van der Waals surface area contributed by atoms with Gasteiger partial charge in [-0.1, -0.05) is 0 Å². The van der Waals surface area contributed by atoms with E-state index in [1.807, 2.05) is 0 Å². The third-order valence-corrected chi connectivity index (χ3v) is 3.37. The zero-order valence-electron chi connectivity index (χ0n) is 13.3. The molecule has 1 aliphatic rings. The summed E-state index contributed by atoms with van der Waals surface area (Å²) in [6.07, 6.45) is 0. The number of ether oxygens (including phenoxy) is 1. The summed E-state index contributed by atoms with van der Waals surface area (Å²) >= 11 is 0. The van der Waals surface area contributed by atoms with Crippen molar-refractivity contribution in [3.8, 4) is 0 Å². The first-order valence-corrected chi connectivity index (χ1v) is 7.33. The zero-order valence-corrected chi connectivity index (χ0v) is 13.3. The molecule has 0 spiro atoms. The highest BCUT2D eigenvalue weighted by atomic mass is 19.1. The van der Waals surface area contributed by atoms with E-state index in [2.05, 4.69) is 5.32 Å². The number of hydrogen-bond donors (Lipinski definition) is 1. The summed E-state index contributed by atoms with van der Waals surface area (Å²) < 4.78 is 19.6. The Hall–Kier alpha value is -2.22. The Morgan fingerprint density at radius 1 is 1.48 bits per heavy atom. The molecule has 8 heteroatoms. The first-order chi connectivity index (χ1) is 10.7. The van der Waals surface area contributed by atoms with Crippen LogP contribution >= 0.6 is 0 Å². The highest BCUT2D eigenvalue weighted by Gasteiger charge is 2.34. The summed E-state index contributed by atoms with van der Waals surface area (Å²) in [5.74, 6) is -1.18. The number of non-ortho nitro benzene ring substituents is 1. The maximum atomic E-state index is 14.3. The molecule has 1 heterocycles. The predicted octanol–water partition coefficient (Wildman–Crippen LogP) is 1.85. The lowest BCUT2D eigenvalue weighted by atomic mass is 10.1. The van der Waals surface area contributed by atoms with Crippen LogP contribution in [-0.4, -0.2) is 42.2 Å². The van der Waals surface area contributed by atoms with Crippen LogP contribution in [0, 0.1) is 15.9 Å². The smallest absolute Gasteiger partial charge is 0.330 e. The minimum absolute atomic E-state index is 0.160. The Morgan fingerprint density at radius 3 is 2.74 bits per heavy atom. The lowest BCUT2D eigenvalue weighted by Gasteiger charge is -2.37. The maximum absolute atomic E-state index is 14.3. The van der Waals surface area contributed by atoms with Crippen molar-refractivity contribution in [3.05, 3.63) is 34.1 Å². The standard InChI is InChI=1S/C15H20FN3O4/c1-15(2,3)23-14(20)13-9-17-6-7-18(13)12-5-4-10(19(21)22)8-11(12)16/h4-5,8,13,17H,6-7,9H2,1-3H3. The zero-order chi connectivity index (χ0) is 17.2. The van der Waals surface area contributed by atoms with Crippen molar-refractivity contribution in [2.24, 2.45) is 0 Å². The topological polar surface area (TPSA) is 84.7 Å². The predicted molar refractivity (Wildman–Crippen MR) is 82.9 cm³/mol. The number of halogens is 1. The number of piperazine rings is 1. The fraction of sp³-hybridized carbons (Fsp3) is 0.533. The summed E-state index contributed by atoms with van der Waals surface area (Å²) in [6, 6.07) is 2.74. The van der Waals surface area contributed by atoms with Crippen molar-refractivity contribution >= 4 is 17.3 Å². The largest absolute Gasteiger partial charge is 0.458 e. The molecule has 1 saturated heterocycles. The Bertz CT molecular complexity index is 615. The maximum Gasteiger partial charge on any atom is 0.330 e. The number of carbonyl (C=O) groups excluding carboxylic acids is 1. The molecule has 1 aliphatic heterocycles. The van der Waals surface area contributed by atoms with Crippen LogP contribution in [0.15, 0.2) is 18.2 Å². The van der Waals surface area contributed by atoms with E-state index in [4.69, 9.17) is 4.74 Å². The molecule has 1 aromatic rings. The van der Waals surface area contributed by atoms with Crippen LogP contribution in [0.5, 0.6) is 0 Å². The van der Waals surface area contributed by atoms with Crippen LogP contribution in [-0.2, 0) is 9.53 Å². The van der Waals surface area contributed by atoms with Gasteiger partial charge in [0.25, 0.3) is 5.69 Å². The molecule has 7 nitrogen and oxygen atoms in total. The first-order valence-electron chi connectivity index (χ1n) is 7.33. The molecule has 0 aliphatic carbocycles. The van der Waals surface area contributed by atoms with Gasteiger partial charge in [0.1, 0.15) is 11.6 Å². The fourth-order valence-corrected chi connectivity index (χ4v) is 2.42. The number of hydrogen-bond acceptors (Lipinski definition) is 6. The molecule has 1 N–H and O–H groups in total. The van der Waals surface area contributed by atoms with Crippen LogP contribution in [0.2, 0.25) is 0 Å². The van der Waals surface area contributed by atoms with Gasteiger partial charge in [-0.05, 0) is 26.8 Å². The molecule has 1 atom stereocenters. The highest BCUT2D eigenvalue weighted by molar-refractivity contribution is 5.81. The molecule has 2 rings (SSSR count). The number of anilines is 1. The van der Waals surface area contributed by atoms with Gasteiger partial charge in [-0.15, -0.1) is 0 Å². The van der Waals surface area contributed by atoms with Gasteiger partial charge in [-0.3, -0.25) is 10.1 Å². The van der Waals surface area contributed by atoms with E-state index in [-0.39, 0.29) is 11.4 Å². The molecule has 0 saturated carbocycles. The van der Waals surface area contributed by atoms with Crippen molar-refractivity contribution in [2.45, 2.75) is 32.4 Å². The van der Waals surface area contributed by atoms with Gasteiger partial charge in [0.2, 0.25) is 0 Å².